The van der Waals surface area contributed by atoms with Crippen LogP contribution >= 0.6 is 0 Å². The fourth-order valence-corrected chi connectivity index (χ4v) is 2.65. The monoisotopic (exact) mass is 248 g/mol. The summed E-state index contributed by atoms with van der Waals surface area (Å²) in [5.74, 6) is 0.0814. The Balaban J connectivity index is 2.08. The molecule has 1 fully saturated rings. The molecule has 1 aliphatic carbocycles. The number of carbonyl (C=O) groups is 1. The van der Waals surface area contributed by atoms with Crippen LogP contribution in [0.15, 0.2) is 18.2 Å². The second kappa shape index (κ2) is 5.01. The van der Waals surface area contributed by atoms with Crippen LogP contribution in [0.25, 0.3) is 0 Å². The van der Waals surface area contributed by atoms with Gasteiger partial charge in [0, 0.05) is 0 Å². The predicted octanol–water partition coefficient (Wildman–Crippen LogP) is 3.33. The summed E-state index contributed by atoms with van der Waals surface area (Å²) in [4.78, 5) is 11.4. The lowest BCUT2D eigenvalue weighted by Gasteiger charge is -2.24. The van der Waals surface area contributed by atoms with Crippen LogP contribution in [-0.4, -0.2) is 17.7 Å². The second-order valence-corrected chi connectivity index (χ2v) is 5.35. The first-order valence-electron chi connectivity index (χ1n) is 6.47. The summed E-state index contributed by atoms with van der Waals surface area (Å²) in [6.45, 7) is 4.31. The Kier molecular flexibility index (Phi) is 3.60. The highest BCUT2D eigenvalue weighted by Gasteiger charge is 2.42. The van der Waals surface area contributed by atoms with Crippen molar-refractivity contribution in [2.45, 2.75) is 39.5 Å². The normalized spacial score (nSPS) is 17.7. The molecule has 0 unspecified atom stereocenters. The zero-order valence-corrected chi connectivity index (χ0v) is 11.0. The number of hydrogen-bond donors (Lipinski definition) is 1. The van der Waals surface area contributed by atoms with Crippen molar-refractivity contribution in [1.29, 1.82) is 0 Å². The molecule has 3 nitrogen and oxygen atoms in total. The van der Waals surface area contributed by atoms with Crippen LogP contribution in [-0.2, 0) is 4.79 Å². The number of carboxylic acid groups (broad SMARTS) is 1. The molecule has 2 rings (SSSR count). The average molecular weight is 248 g/mol. The number of carboxylic acids is 1. The minimum Gasteiger partial charge on any atom is -0.492 e. The summed E-state index contributed by atoms with van der Waals surface area (Å²) in [6.07, 6.45) is 3.44. The SMILES string of the molecule is Cc1ccc(OCC2(C(=O)O)CCCC2)c(C)c1. The first kappa shape index (κ1) is 12.9. The lowest BCUT2D eigenvalue weighted by molar-refractivity contribution is -0.150. The summed E-state index contributed by atoms with van der Waals surface area (Å²) >= 11 is 0. The Bertz CT molecular complexity index is 445. The highest BCUT2D eigenvalue weighted by Crippen LogP contribution is 2.39. The van der Waals surface area contributed by atoms with Crippen molar-refractivity contribution >= 4 is 5.97 Å². The summed E-state index contributed by atoms with van der Waals surface area (Å²) in [5.41, 5.74) is 1.58. The van der Waals surface area contributed by atoms with E-state index in [4.69, 9.17) is 4.74 Å². The number of aliphatic carboxylic acids is 1. The van der Waals surface area contributed by atoms with Crippen molar-refractivity contribution in [3.63, 3.8) is 0 Å². The third kappa shape index (κ3) is 2.50. The standard InChI is InChI=1S/C15H20O3/c1-11-5-6-13(12(2)9-11)18-10-15(14(16)17)7-3-4-8-15/h5-6,9H,3-4,7-8,10H2,1-2H3,(H,16,17). The van der Waals surface area contributed by atoms with Gasteiger partial charge in [-0.2, -0.15) is 0 Å². The van der Waals surface area contributed by atoms with E-state index in [9.17, 15) is 9.90 Å². The number of hydrogen-bond acceptors (Lipinski definition) is 2. The summed E-state index contributed by atoms with van der Waals surface area (Å²) in [5, 5.41) is 9.38. The molecule has 0 spiro atoms. The van der Waals surface area contributed by atoms with E-state index in [0.29, 0.717) is 0 Å². The molecule has 3 heteroatoms. The molecule has 1 saturated carbocycles. The van der Waals surface area contributed by atoms with E-state index in [1.165, 1.54) is 5.56 Å². The lowest BCUT2D eigenvalue weighted by atomic mass is 9.87. The number of rotatable bonds is 4. The van der Waals surface area contributed by atoms with Gasteiger partial charge in [-0.15, -0.1) is 0 Å². The lowest BCUT2D eigenvalue weighted by Crippen LogP contribution is -2.34. The third-order valence-corrected chi connectivity index (χ3v) is 3.85. The van der Waals surface area contributed by atoms with Crippen LogP contribution in [0.3, 0.4) is 0 Å². The van der Waals surface area contributed by atoms with Crippen molar-refractivity contribution in [3.8, 4) is 5.75 Å². The molecule has 0 amide bonds. The van der Waals surface area contributed by atoms with Gasteiger partial charge in [0.1, 0.15) is 17.8 Å². The van der Waals surface area contributed by atoms with Crippen molar-refractivity contribution < 1.29 is 14.6 Å². The van der Waals surface area contributed by atoms with E-state index < -0.39 is 11.4 Å². The van der Waals surface area contributed by atoms with Gasteiger partial charge in [-0.25, -0.2) is 0 Å². The molecular formula is C15H20O3. The van der Waals surface area contributed by atoms with Gasteiger partial charge in [-0.1, -0.05) is 30.5 Å². The van der Waals surface area contributed by atoms with Gasteiger partial charge in [0.25, 0.3) is 0 Å². The Morgan fingerprint density at radius 2 is 2.00 bits per heavy atom. The maximum Gasteiger partial charge on any atom is 0.313 e. The van der Waals surface area contributed by atoms with Gasteiger partial charge >= 0.3 is 5.97 Å². The molecule has 1 N–H and O–H groups in total. The van der Waals surface area contributed by atoms with E-state index in [1.54, 1.807) is 0 Å². The van der Waals surface area contributed by atoms with Crippen molar-refractivity contribution in [2.75, 3.05) is 6.61 Å². The first-order valence-corrected chi connectivity index (χ1v) is 6.47. The van der Waals surface area contributed by atoms with Crippen LogP contribution < -0.4 is 4.74 Å². The van der Waals surface area contributed by atoms with Gasteiger partial charge in [0.15, 0.2) is 0 Å². The van der Waals surface area contributed by atoms with E-state index in [-0.39, 0.29) is 6.61 Å². The molecule has 98 valence electrons. The second-order valence-electron chi connectivity index (χ2n) is 5.35. The van der Waals surface area contributed by atoms with E-state index >= 15 is 0 Å². The molecule has 0 atom stereocenters. The van der Waals surface area contributed by atoms with Crippen LogP contribution in [0.5, 0.6) is 5.75 Å². The largest absolute Gasteiger partial charge is 0.492 e. The summed E-state index contributed by atoms with van der Waals surface area (Å²) in [7, 11) is 0. The van der Waals surface area contributed by atoms with Crippen molar-refractivity contribution in [3.05, 3.63) is 29.3 Å². The molecule has 0 aromatic heterocycles. The van der Waals surface area contributed by atoms with Gasteiger partial charge in [0.05, 0.1) is 0 Å². The number of benzene rings is 1. The quantitative estimate of drug-likeness (QED) is 0.889. The molecular weight excluding hydrogens is 228 g/mol. The van der Waals surface area contributed by atoms with E-state index in [2.05, 4.69) is 6.07 Å². The fourth-order valence-electron chi connectivity index (χ4n) is 2.65. The Morgan fingerprint density at radius 3 is 2.56 bits per heavy atom. The number of ether oxygens (including phenoxy) is 1. The average Bonchev–Trinajstić information content (AvgIpc) is 2.78. The predicted molar refractivity (Wildman–Crippen MR) is 69.9 cm³/mol. The van der Waals surface area contributed by atoms with Gasteiger partial charge in [-0.3, -0.25) is 4.79 Å². The van der Waals surface area contributed by atoms with E-state index in [1.807, 2.05) is 26.0 Å². The topological polar surface area (TPSA) is 46.5 Å². The smallest absolute Gasteiger partial charge is 0.313 e. The van der Waals surface area contributed by atoms with E-state index in [0.717, 1.165) is 37.0 Å². The summed E-state index contributed by atoms with van der Waals surface area (Å²) in [6, 6.07) is 5.97. The highest BCUT2D eigenvalue weighted by atomic mass is 16.5. The van der Waals surface area contributed by atoms with Crippen LogP contribution in [0.1, 0.15) is 36.8 Å². The minimum absolute atomic E-state index is 0.284. The Morgan fingerprint density at radius 1 is 1.33 bits per heavy atom. The zero-order chi connectivity index (χ0) is 13.2. The van der Waals surface area contributed by atoms with Gasteiger partial charge < -0.3 is 9.84 Å². The Labute approximate surface area is 108 Å². The maximum absolute atomic E-state index is 11.4. The molecule has 0 saturated heterocycles. The third-order valence-electron chi connectivity index (χ3n) is 3.85. The molecule has 18 heavy (non-hydrogen) atoms. The van der Waals surface area contributed by atoms with Crippen molar-refractivity contribution in [1.82, 2.24) is 0 Å². The zero-order valence-electron chi connectivity index (χ0n) is 11.0. The van der Waals surface area contributed by atoms with Crippen LogP contribution in [0.2, 0.25) is 0 Å². The Hall–Kier alpha value is -1.51. The molecule has 0 heterocycles. The highest BCUT2D eigenvalue weighted by molar-refractivity contribution is 5.75. The van der Waals surface area contributed by atoms with Crippen LogP contribution in [0, 0.1) is 19.3 Å². The maximum atomic E-state index is 11.4. The molecule has 0 radical (unpaired) electrons. The molecule has 1 aromatic carbocycles. The minimum atomic E-state index is -0.718. The molecule has 1 aromatic rings. The van der Waals surface area contributed by atoms with Crippen molar-refractivity contribution in [2.24, 2.45) is 5.41 Å². The molecule has 0 aliphatic heterocycles. The number of aryl methyl sites for hydroxylation is 2. The molecule has 1 aliphatic rings. The fraction of sp³-hybridized carbons (Fsp3) is 0.533. The molecule has 0 bridgehead atoms. The van der Waals surface area contributed by atoms with Gasteiger partial charge in [0.2, 0.25) is 0 Å². The summed E-state index contributed by atoms with van der Waals surface area (Å²) < 4.78 is 5.76. The first-order chi connectivity index (χ1) is 8.53. The van der Waals surface area contributed by atoms with Crippen LogP contribution in [0.4, 0.5) is 0 Å². The van der Waals surface area contributed by atoms with Gasteiger partial charge in [-0.05, 0) is 38.3 Å².